The number of aromatic nitrogens is 2. The second-order valence-electron chi connectivity index (χ2n) is 14.0. The van der Waals surface area contributed by atoms with Gasteiger partial charge in [-0.2, -0.15) is 0 Å². The molecule has 46 heavy (non-hydrogen) atoms. The first-order chi connectivity index (χ1) is 22.6. The van der Waals surface area contributed by atoms with E-state index in [0.717, 1.165) is 0 Å². The second kappa shape index (κ2) is 7.63. The SMILES string of the molecule is CC1(C)c2cccc3c2-n2c4c1cccc4c1c(-c4ccccc4)cc4c(c12)B3n1c2c-4cccc2c2ccc3ccccc3c21. The standard InChI is InChI=1S/C43H27BN2/c1-43(2)33-18-9-17-30-36-31(24-11-4-3-5-12-24)23-32-28-16-8-15-27-29-22-21-25-13-6-7-14-26(25)38(29)46(39(27)28)44-35-20-10-19-34(43)41(35)45(40(30)33)42(36)37(32)44/h3-23H,1-2H3. The van der Waals surface area contributed by atoms with Crippen LogP contribution in [0, 0.1) is 0 Å². The lowest BCUT2D eigenvalue weighted by Gasteiger charge is -2.40. The van der Waals surface area contributed by atoms with Crippen LogP contribution in [0.25, 0.3) is 82.3 Å². The number of hydrogen-bond acceptors (Lipinski definition) is 0. The Morgan fingerprint density at radius 2 is 1.26 bits per heavy atom. The first-order valence-corrected chi connectivity index (χ1v) is 16.4. The number of nitrogens with zero attached hydrogens (tertiary/aromatic N) is 2. The van der Waals surface area contributed by atoms with Crippen molar-refractivity contribution in [1.29, 1.82) is 0 Å². The van der Waals surface area contributed by atoms with E-state index in [9.17, 15) is 0 Å². The molecular weight excluding hydrogens is 555 g/mol. The second-order valence-corrected chi connectivity index (χ2v) is 14.0. The molecule has 9 aromatic rings. The Kier molecular flexibility index (Phi) is 3.95. The monoisotopic (exact) mass is 582 g/mol. The minimum absolute atomic E-state index is 0.0622. The van der Waals surface area contributed by atoms with Crippen LogP contribution < -0.4 is 10.9 Å². The molecule has 0 N–H and O–H groups in total. The molecule has 2 aromatic heterocycles. The summed E-state index contributed by atoms with van der Waals surface area (Å²) in [5.41, 5.74) is 17.6. The highest BCUT2D eigenvalue weighted by Crippen LogP contribution is 2.52. The van der Waals surface area contributed by atoms with E-state index in [1.54, 1.807) is 0 Å². The topological polar surface area (TPSA) is 9.86 Å². The predicted octanol–water partition coefficient (Wildman–Crippen LogP) is 9.30. The first-order valence-electron chi connectivity index (χ1n) is 16.4. The van der Waals surface area contributed by atoms with Crippen LogP contribution in [0.2, 0.25) is 0 Å². The summed E-state index contributed by atoms with van der Waals surface area (Å²) in [6, 6.07) is 48.3. The third kappa shape index (κ3) is 2.45. The van der Waals surface area contributed by atoms with Crippen LogP contribution in [0.3, 0.4) is 0 Å². The molecule has 7 aromatic carbocycles. The molecule has 0 atom stereocenters. The Morgan fingerprint density at radius 1 is 0.522 bits per heavy atom. The predicted molar refractivity (Wildman–Crippen MR) is 195 cm³/mol. The molecule has 0 aliphatic carbocycles. The lowest BCUT2D eigenvalue weighted by molar-refractivity contribution is 0.631. The van der Waals surface area contributed by atoms with Crippen molar-refractivity contribution in [1.82, 2.24) is 9.05 Å². The van der Waals surface area contributed by atoms with Gasteiger partial charge in [0.15, 0.2) is 0 Å². The van der Waals surface area contributed by atoms with Gasteiger partial charge in [0.25, 0.3) is 0 Å². The molecule has 0 saturated carbocycles. The van der Waals surface area contributed by atoms with Gasteiger partial charge in [-0.05, 0) is 50.2 Å². The third-order valence-electron chi connectivity index (χ3n) is 11.6. The average molecular weight is 583 g/mol. The van der Waals surface area contributed by atoms with Crippen molar-refractivity contribution in [3.05, 3.63) is 139 Å². The number of para-hydroxylation sites is 3. The van der Waals surface area contributed by atoms with Crippen LogP contribution in [0.1, 0.15) is 25.0 Å². The Morgan fingerprint density at radius 3 is 2.17 bits per heavy atom. The molecule has 3 aliphatic rings. The van der Waals surface area contributed by atoms with Crippen LogP contribution >= 0.6 is 0 Å². The highest BCUT2D eigenvalue weighted by Gasteiger charge is 2.46. The van der Waals surface area contributed by atoms with Crippen molar-refractivity contribution >= 4 is 72.2 Å². The van der Waals surface area contributed by atoms with E-state index in [4.69, 9.17) is 0 Å². The molecule has 0 unspecified atom stereocenters. The average Bonchev–Trinajstić information content (AvgIpc) is 3.63. The molecule has 3 heteroatoms. The maximum atomic E-state index is 2.73. The molecule has 0 amide bonds. The van der Waals surface area contributed by atoms with Gasteiger partial charge < -0.3 is 9.05 Å². The summed E-state index contributed by atoms with van der Waals surface area (Å²) in [6.45, 7) is 4.90. The summed E-state index contributed by atoms with van der Waals surface area (Å²) in [6.07, 6.45) is 0. The normalized spacial score (nSPS) is 14.9. The summed E-state index contributed by atoms with van der Waals surface area (Å²) >= 11 is 0. The van der Waals surface area contributed by atoms with Crippen LogP contribution in [0.4, 0.5) is 0 Å². The van der Waals surface area contributed by atoms with Crippen molar-refractivity contribution in [2.24, 2.45) is 0 Å². The number of benzene rings is 7. The molecule has 0 saturated heterocycles. The zero-order valence-electron chi connectivity index (χ0n) is 25.6. The van der Waals surface area contributed by atoms with Gasteiger partial charge in [-0.1, -0.05) is 135 Å². The summed E-state index contributed by atoms with van der Waals surface area (Å²) in [5, 5.41) is 8.01. The van der Waals surface area contributed by atoms with E-state index >= 15 is 0 Å². The fourth-order valence-corrected chi connectivity index (χ4v) is 9.80. The van der Waals surface area contributed by atoms with Gasteiger partial charge in [-0.15, -0.1) is 0 Å². The van der Waals surface area contributed by atoms with Gasteiger partial charge >= 0.3 is 6.85 Å². The van der Waals surface area contributed by atoms with E-state index in [1.807, 2.05) is 0 Å². The summed E-state index contributed by atoms with van der Waals surface area (Å²) in [5.74, 6) is 0. The Hall–Kier alpha value is -5.54. The Bertz CT molecular complexity index is 2880. The van der Waals surface area contributed by atoms with E-state index < -0.39 is 0 Å². The summed E-state index contributed by atoms with van der Waals surface area (Å²) in [4.78, 5) is 0. The minimum atomic E-state index is -0.129. The smallest absolute Gasteiger partial charge is 0.333 e. The van der Waals surface area contributed by atoms with Gasteiger partial charge in [-0.3, -0.25) is 0 Å². The van der Waals surface area contributed by atoms with Crippen molar-refractivity contribution < 1.29 is 0 Å². The van der Waals surface area contributed by atoms with E-state index in [0.29, 0.717) is 0 Å². The first kappa shape index (κ1) is 23.8. The number of rotatable bonds is 1. The minimum Gasteiger partial charge on any atom is -0.375 e. The lowest BCUT2D eigenvalue weighted by Crippen LogP contribution is -2.56. The van der Waals surface area contributed by atoms with Gasteiger partial charge in [0, 0.05) is 54.6 Å². The lowest BCUT2D eigenvalue weighted by atomic mass is 9.45. The quantitative estimate of drug-likeness (QED) is 0.171. The number of fused-ring (bicyclic) bond motifs is 9. The fraction of sp³-hybridized carbons (Fsp3) is 0.0698. The van der Waals surface area contributed by atoms with E-state index in [-0.39, 0.29) is 12.3 Å². The molecule has 212 valence electrons. The molecule has 0 radical (unpaired) electrons. The van der Waals surface area contributed by atoms with Crippen LogP contribution in [0.15, 0.2) is 127 Å². The Labute approximate surface area is 266 Å². The third-order valence-corrected chi connectivity index (χ3v) is 11.6. The maximum Gasteiger partial charge on any atom is 0.333 e. The highest BCUT2D eigenvalue weighted by atomic mass is 15.0. The van der Waals surface area contributed by atoms with Crippen molar-refractivity contribution in [3.63, 3.8) is 0 Å². The maximum absolute atomic E-state index is 2.73. The summed E-state index contributed by atoms with van der Waals surface area (Å²) in [7, 11) is 0. The molecule has 0 bridgehead atoms. The van der Waals surface area contributed by atoms with Gasteiger partial charge in [0.2, 0.25) is 0 Å². The zero-order valence-corrected chi connectivity index (χ0v) is 25.6. The summed E-state index contributed by atoms with van der Waals surface area (Å²) < 4.78 is 5.40. The molecule has 0 fully saturated rings. The van der Waals surface area contributed by atoms with E-state index in [1.165, 1.54) is 104 Å². The van der Waals surface area contributed by atoms with Gasteiger partial charge in [0.1, 0.15) is 0 Å². The molecule has 3 aliphatic heterocycles. The van der Waals surface area contributed by atoms with Crippen molar-refractivity contribution in [2.45, 2.75) is 19.3 Å². The molecule has 5 heterocycles. The van der Waals surface area contributed by atoms with Gasteiger partial charge in [-0.25, -0.2) is 0 Å². The highest BCUT2D eigenvalue weighted by molar-refractivity contribution is 6.90. The zero-order chi connectivity index (χ0) is 30.1. The molecular formula is C43H27BN2. The molecule has 0 spiro atoms. The van der Waals surface area contributed by atoms with Crippen LogP contribution in [-0.4, -0.2) is 15.9 Å². The van der Waals surface area contributed by atoms with E-state index in [2.05, 4.69) is 150 Å². The molecule has 12 rings (SSSR count). The largest absolute Gasteiger partial charge is 0.375 e. The number of hydrogen-bond donors (Lipinski definition) is 0. The van der Waals surface area contributed by atoms with Crippen LogP contribution in [-0.2, 0) is 5.41 Å². The molecule has 2 nitrogen and oxygen atoms in total. The van der Waals surface area contributed by atoms with Crippen molar-refractivity contribution in [2.75, 3.05) is 0 Å². The van der Waals surface area contributed by atoms with Crippen LogP contribution in [0.5, 0.6) is 0 Å². The Balaban J connectivity index is 1.42. The van der Waals surface area contributed by atoms with Crippen molar-refractivity contribution in [3.8, 4) is 27.9 Å². The fourth-order valence-electron chi connectivity index (χ4n) is 9.80. The van der Waals surface area contributed by atoms with Gasteiger partial charge in [0.05, 0.1) is 11.0 Å².